The average molecular weight is 455 g/mol. The molecule has 1 rings (SSSR count). The van der Waals surface area contributed by atoms with Gasteiger partial charge in [0.15, 0.2) is 5.78 Å². The molecule has 7 nitrogen and oxygen atoms in total. The fraction of sp³-hybridized carbons (Fsp3) is 0.556. The van der Waals surface area contributed by atoms with Gasteiger partial charge in [0.1, 0.15) is 6.04 Å². The number of aryl methyl sites for hydroxylation is 1. The lowest BCUT2D eigenvalue weighted by Gasteiger charge is -2.14. The second kappa shape index (κ2) is 13.1. The first-order chi connectivity index (χ1) is 12.9. The number of sulfonamides is 1. The molecule has 0 fully saturated rings. The number of hydrogen-bond donors (Lipinski definition) is 3. The van der Waals surface area contributed by atoms with Gasteiger partial charge in [-0.15, -0.1) is 23.2 Å². The van der Waals surface area contributed by atoms with E-state index in [0.717, 1.165) is 5.56 Å². The minimum atomic E-state index is -3.82. The third-order valence-electron chi connectivity index (χ3n) is 3.66. The number of ketones is 1. The predicted octanol–water partition coefficient (Wildman–Crippen LogP) is 2.67. The molecule has 0 aliphatic rings. The molecule has 0 spiro atoms. The summed E-state index contributed by atoms with van der Waals surface area (Å²) in [6.07, 6.45) is 1.44. The number of alkyl halides is 2. The van der Waals surface area contributed by atoms with Crippen molar-refractivity contribution in [2.45, 2.75) is 61.7 Å². The van der Waals surface area contributed by atoms with Crippen LogP contribution in [-0.2, 0) is 19.6 Å². The number of halogens is 2. The number of carboxylic acids is 1. The van der Waals surface area contributed by atoms with Crippen molar-refractivity contribution < 1.29 is 23.1 Å². The molecule has 0 saturated heterocycles. The van der Waals surface area contributed by atoms with Gasteiger partial charge in [-0.2, -0.15) is 4.72 Å². The number of rotatable bonds is 10. The first kappa shape index (κ1) is 26.8. The van der Waals surface area contributed by atoms with E-state index in [-0.39, 0.29) is 17.1 Å². The summed E-state index contributed by atoms with van der Waals surface area (Å²) in [5.41, 5.74) is 6.27. The number of carbonyl (C=O) groups is 2. The normalized spacial score (nSPS) is 14.4. The number of aliphatic carboxylic acids is 1. The smallest absolute Gasteiger partial charge is 0.321 e. The minimum absolute atomic E-state index is 0.0631. The number of hydrogen-bond acceptors (Lipinski definition) is 5. The summed E-state index contributed by atoms with van der Waals surface area (Å²) in [7, 11) is -3.82. The number of carboxylic acid groups (broad SMARTS) is 1. The van der Waals surface area contributed by atoms with Crippen LogP contribution >= 0.6 is 23.2 Å². The molecular weight excluding hydrogens is 427 g/mol. The van der Waals surface area contributed by atoms with E-state index < -0.39 is 32.8 Å². The van der Waals surface area contributed by atoms with E-state index in [1.165, 1.54) is 12.1 Å². The average Bonchev–Trinajstić information content (AvgIpc) is 2.60. The van der Waals surface area contributed by atoms with Crippen molar-refractivity contribution in [3.8, 4) is 0 Å². The molecule has 3 atom stereocenters. The zero-order chi connectivity index (χ0) is 21.9. The fourth-order valence-electron chi connectivity index (χ4n) is 2.01. The highest BCUT2D eigenvalue weighted by Gasteiger charge is 2.24. The first-order valence-electron chi connectivity index (χ1n) is 8.76. The number of carbonyl (C=O) groups excluding carboxylic acids is 1. The van der Waals surface area contributed by atoms with E-state index in [1.54, 1.807) is 26.0 Å². The van der Waals surface area contributed by atoms with Crippen LogP contribution in [0.15, 0.2) is 29.2 Å². The quantitative estimate of drug-likeness (QED) is 0.368. The Hall–Kier alpha value is -1.19. The Bertz CT molecular complexity index is 712. The van der Waals surface area contributed by atoms with Gasteiger partial charge >= 0.3 is 5.97 Å². The standard InChI is InChI=1S/C13H20N2O4S.C5H8Cl2O/c1-10-5-7-11(8-6-10)20(18,19)15-12(13(16)17)4-2-3-9-14;1-3(6)5(8)4(2)7/h5-8,12,15H,2-4,9,14H2,1H3,(H,16,17);3-4H,1-2H3/t12-;/m0./s1. The third-order valence-corrected chi connectivity index (χ3v) is 5.58. The molecule has 10 heteroatoms. The van der Waals surface area contributed by atoms with Crippen LogP contribution in [0.25, 0.3) is 0 Å². The van der Waals surface area contributed by atoms with Crippen molar-refractivity contribution >= 4 is 45.0 Å². The highest BCUT2D eigenvalue weighted by molar-refractivity contribution is 7.89. The van der Waals surface area contributed by atoms with Gasteiger partial charge in [0.2, 0.25) is 10.0 Å². The molecule has 2 unspecified atom stereocenters. The summed E-state index contributed by atoms with van der Waals surface area (Å²) in [4.78, 5) is 21.7. The summed E-state index contributed by atoms with van der Waals surface area (Å²) >= 11 is 10.8. The predicted molar refractivity (Wildman–Crippen MR) is 111 cm³/mol. The van der Waals surface area contributed by atoms with E-state index in [1.807, 2.05) is 6.92 Å². The molecule has 28 heavy (non-hydrogen) atoms. The molecule has 1 aromatic rings. The number of nitrogens with one attached hydrogen (secondary N) is 1. The van der Waals surface area contributed by atoms with Crippen LogP contribution in [0, 0.1) is 6.92 Å². The summed E-state index contributed by atoms with van der Waals surface area (Å²) < 4.78 is 26.4. The molecule has 0 radical (unpaired) electrons. The maximum absolute atomic E-state index is 12.1. The van der Waals surface area contributed by atoms with E-state index in [9.17, 15) is 18.0 Å². The van der Waals surface area contributed by atoms with E-state index in [4.69, 9.17) is 34.0 Å². The number of Topliss-reactive ketones (excluding diaryl/α,β-unsaturated/α-hetero) is 1. The van der Waals surface area contributed by atoms with E-state index >= 15 is 0 Å². The third kappa shape index (κ3) is 10.4. The van der Waals surface area contributed by atoms with E-state index in [0.29, 0.717) is 19.4 Å². The topological polar surface area (TPSA) is 127 Å². The fourth-order valence-corrected chi connectivity index (χ4v) is 3.68. The number of benzene rings is 1. The second-order valence-corrected chi connectivity index (χ2v) is 9.27. The lowest BCUT2D eigenvalue weighted by atomic mass is 10.1. The van der Waals surface area contributed by atoms with Crippen LogP contribution in [0.2, 0.25) is 0 Å². The Morgan fingerprint density at radius 1 is 1.11 bits per heavy atom. The summed E-state index contributed by atoms with van der Waals surface area (Å²) in [5, 5.41) is 8.16. The van der Waals surface area contributed by atoms with Crippen molar-refractivity contribution in [2.24, 2.45) is 5.73 Å². The van der Waals surface area contributed by atoms with E-state index in [2.05, 4.69) is 4.72 Å². The lowest BCUT2D eigenvalue weighted by molar-refractivity contribution is -0.139. The molecule has 0 aliphatic heterocycles. The van der Waals surface area contributed by atoms with Crippen LogP contribution in [0.4, 0.5) is 0 Å². The van der Waals surface area contributed by atoms with Crippen LogP contribution < -0.4 is 10.5 Å². The molecule has 0 heterocycles. The number of unbranched alkanes of at least 4 members (excludes halogenated alkanes) is 1. The van der Waals surface area contributed by atoms with Gasteiger partial charge in [0.05, 0.1) is 15.6 Å². The Balaban J connectivity index is 0.000000769. The van der Waals surface area contributed by atoms with Gasteiger partial charge in [0.25, 0.3) is 0 Å². The highest BCUT2D eigenvalue weighted by Crippen LogP contribution is 2.12. The zero-order valence-electron chi connectivity index (χ0n) is 16.2. The Morgan fingerprint density at radius 2 is 1.61 bits per heavy atom. The molecule has 1 aromatic carbocycles. The van der Waals surface area contributed by atoms with Gasteiger partial charge < -0.3 is 10.8 Å². The van der Waals surface area contributed by atoms with Crippen molar-refractivity contribution in [3.05, 3.63) is 29.8 Å². The molecule has 0 saturated carbocycles. The Morgan fingerprint density at radius 3 is 1.96 bits per heavy atom. The summed E-state index contributed by atoms with van der Waals surface area (Å²) in [5.74, 6) is -1.30. The van der Waals surface area contributed by atoms with Gasteiger partial charge in [0, 0.05) is 0 Å². The zero-order valence-corrected chi connectivity index (χ0v) is 18.5. The summed E-state index contributed by atoms with van der Waals surface area (Å²) in [6.45, 7) is 5.53. The van der Waals surface area contributed by atoms with Gasteiger partial charge in [-0.3, -0.25) is 9.59 Å². The molecule has 0 amide bonds. The molecule has 160 valence electrons. The monoisotopic (exact) mass is 454 g/mol. The van der Waals surface area contributed by atoms with Crippen LogP contribution in [-0.4, -0.2) is 48.6 Å². The SMILES string of the molecule is CC(Cl)C(=O)C(C)Cl.Cc1ccc(S(=O)(=O)N[C@@H](CCCCN)C(=O)O)cc1. The molecular formula is C18H28Cl2N2O5S. The molecule has 0 aromatic heterocycles. The van der Waals surface area contributed by atoms with Crippen molar-refractivity contribution in [1.29, 1.82) is 0 Å². The van der Waals surface area contributed by atoms with Crippen LogP contribution in [0.5, 0.6) is 0 Å². The molecule has 4 N–H and O–H groups in total. The maximum atomic E-state index is 12.1. The van der Waals surface area contributed by atoms with Gasteiger partial charge in [-0.1, -0.05) is 24.1 Å². The molecule has 0 bridgehead atoms. The lowest BCUT2D eigenvalue weighted by Crippen LogP contribution is -2.40. The summed E-state index contributed by atoms with van der Waals surface area (Å²) in [6, 6.07) is 5.11. The minimum Gasteiger partial charge on any atom is -0.480 e. The second-order valence-electron chi connectivity index (χ2n) is 6.24. The first-order valence-corrected chi connectivity index (χ1v) is 11.1. The molecule has 0 aliphatic carbocycles. The van der Waals surface area contributed by atoms with Gasteiger partial charge in [-0.25, -0.2) is 8.42 Å². The van der Waals surface area contributed by atoms with Crippen LogP contribution in [0.3, 0.4) is 0 Å². The van der Waals surface area contributed by atoms with Crippen LogP contribution in [0.1, 0.15) is 38.7 Å². The highest BCUT2D eigenvalue weighted by atomic mass is 35.5. The Kier molecular flexibility index (Phi) is 12.6. The largest absolute Gasteiger partial charge is 0.480 e. The van der Waals surface area contributed by atoms with Crippen molar-refractivity contribution in [2.75, 3.05) is 6.54 Å². The Labute approximate surface area is 176 Å². The van der Waals surface area contributed by atoms with Gasteiger partial charge in [-0.05, 0) is 52.3 Å². The van der Waals surface area contributed by atoms with Crippen molar-refractivity contribution in [1.82, 2.24) is 4.72 Å². The number of nitrogens with two attached hydrogens (primary N) is 1. The van der Waals surface area contributed by atoms with Crippen molar-refractivity contribution in [3.63, 3.8) is 0 Å². The maximum Gasteiger partial charge on any atom is 0.321 e.